The molecule has 0 aliphatic rings. The molecule has 0 heterocycles. The molecule has 0 fully saturated rings. The minimum absolute atomic E-state index is 0. The second-order valence-electron chi connectivity index (χ2n) is 1.56. The third-order valence-electron chi connectivity index (χ3n) is 1.03. The number of nitrogens with zero attached hydrogens (tertiary/aromatic N) is 1. The number of hydrogen-bond donors (Lipinski definition) is 1. The van der Waals surface area contributed by atoms with Crippen LogP contribution in [0.4, 0.5) is 0 Å². The molecule has 6 heteroatoms. The zero-order chi connectivity index (χ0) is 7.49. The molecule has 0 radical (unpaired) electrons. The quantitative estimate of drug-likeness (QED) is 0.466. The fourth-order valence-corrected chi connectivity index (χ4v) is 1.20. The molecule has 0 aliphatic heterocycles. The molecule has 0 unspecified atom stereocenters. The van der Waals surface area contributed by atoms with E-state index in [9.17, 15) is 8.42 Å². The topological polar surface area (TPSA) is 57.6 Å². The van der Waals surface area contributed by atoms with Gasteiger partial charge in [0.15, 0.2) is 0 Å². The molecule has 0 aromatic carbocycles. The molecular weight excluding hydrogens is 165 g/mol. The molecule has 0 aromatic heterocycles. The van der Waals surface area contributed by atoms with Gasteiger partial charge in [0.1, 0.15) is 0 Å². The second-order valence-corrected chi connectivity index (χ2v) is 2.97. The van der Waals surface area contributed by atoms with Crippen LogP contribution in [0.1, 0.15) is 13.8 Å². The molecule has 0 aliphatic carbocycles. The summed E-state index contributed by atoms with van der Waals surface area (Å²) in [6, 6.07) is 0. The van der Waals surface area contributed by atoms with E-state index in [-0.39, 0.29) is 29.6 Å². The Labute approximate surface area is 83.8 Å². The van der Waals surface area contributed by atoms with Crippen molar-refractivity contribution in [2.24, 2.45) is 0 Å². The Hall–Kier alpha value is 0.870. The van der Waals surface area contributed by atoms with Crippen LogP contribution < -0.4 is 0 Å². The Morgan fingerprint density at radius 2 is 1.60 bits per heavy atom. The van der Waals surface area contributed by atoms with Gasteiger partial charge in [-0.3, -0.25) is 4.55 Å². The zero-order valence-electron chi connectivity index (χ0n) is 5.53. The predicted octanol–water partition coefficient (Wildman–Crippen LogP) is -0.517. The van der Waals surface area contributed by atoms with Gasteiger partial charge in [0.05, 0.1) is 0 Å². The molecule has 0 aromatic rings. The zero-order valence-corrected chi connectivity index (χ0v) is 6.35. The van der Waals surface area contributed by atoms with Crippen LogP contribution in [0.2, 0.25) is 0 Å². The Morgan fingerprint density at radius 1 is 1.30 bits per heavy atom. The van der Waals surface area contributed by atoms with Crippen molar-refractivity contribution in [3.63, 3.8) is 0 Å². The van der Waals surface area contributed by atoms with Crippen molar-refractivity contribution in [2.75, 3.05) is 13.1 Å². The monoisotopic (exact) mass is 177 g/mol. The maximum absolute atomic E-state index is 10.3. The Bertz CT molecular complexity index is 163. The first-order valence-electron chi connectivity index (χ1n) is 2.75. The van der Waals surface area contributed by atoms with E-state index in [1.165, 1.54) is 0 Å². The van der Waals surface area contributed by atoms with Crippen LogP contribution in [0, 0.1) is 0 Å². The minimum atomic E-state index is -3.93. The van der Waals surface area contributed by atoms with Crippen molar-refractivity contribution in [3.8, 4) is 0 Å². The standard InChI is InChI=1S/C4H11NO3S.Na.H/c1-3-5(4-2)9(6,7)8;;/h3-4H2,1-2H3,(H,6,7,8);;. The van der Waals surface area contributed by atoms with Crippen molar-refractivity contribution in [1.29, 1.82) is 0 Å². The first kappa shape index (κ1) is 13.5. The molecular formula is C4H12NNaO3S. The van der Waals surface area contributed by atoms with Gasteiger partial charge < -0.3 is 0 Å². The van der Waals surface area contributed by atoms with E-state index >= 15 is 0 Å². The van der Waals surface area contributed by atoms with Gasteiger partial charge >= 0.3 is 39.9 Å². The van der Waals surface area contributed by atoms with Crippen molar-refractivity contribution in [1.82, 2.24) is 4.31 Å². The third-order valence-corrected chi connectivity index (χ3v) is 2.20. The van der Waals surface area contributed by atoms with Crippen molar-refractivity contribution >= 4 is 39.9 Å². The average molecular weight is 177 g/mol. The predicted molar refractivity (Wildman–Crippen MR) is 41.6 cm³/mol. The van der Waals surface area contributed by atoms with E-state index in [2.05, 4.69) is 0 Å². The van der Waals surface area contributed by atoms with Crippen LogP contribution in [0.5, 0.6) is 0 Å². The molecule has 1 N–H and O–H groups in total. The molecule has 58 valence electrons. The van der Waals surface area contributed by atoms with Crippen molar-refractivity contribution in [2.45, 2.75) is 13.8 Å². The fraction of sp³-hybridized carbons (Fsp3) is 1.00. The van der Waals surface area contributed by atoms with Gasteiger partial charge in [-0.05, 0) is 0 Å². The molecule has 0 rings (SSSR count). The normalized spacial score (nSPS) is 11.2. The van der Waals surface area contributed by atoms with Gasteiger partial charge in [0, 0.05) is 13.1 Å². The van der Waals surface area contributed by atoms with Crippen LogP contribution in [0.25, 0.3) is 0 Å². The molecule has 0 saturated heterocycles. The molecule has 10 heavy (non-hydrogen) atoms. The van der Waals surface area contributed by atoms with Gasteiger partial charge in [-0.2, -0.15) is 12.7 Å². The van der Waals surface area contributed by atoms with Gasteiger partial charge in [0.25, 0.3) is 0 Å². The molecule has 0 amide bonds. The van der Waals surface area contributed by atoms with E-state index in [4.69, 9.17) is 4.55 Å². The van der Waals surface area contributed by atoms with Crippen LogP contribution >= 0.6 is 0 Å². The number of rotatable bonds is 3. The van der Waals surface area contributed by atoms with Gasteiger partial charge in [-0.1, -0.05) is 13.8 Å². The first-order chi connectivity index (χ1) is 4.02. The Morgan fingerprint density at radius 3 is 1.60 bits per heavy atom. The Balaban J connectivity index is 0. The molecule has 4 nitrogen and oxygen atoms in total. The second kappa shape index (κ2) is 5.51. The van der Waals surface area contributed by atoms with Crippen molar-refractivity contribution in [3.05, 3.63) is 0 Å². The van der Waals surface area contributed by atoms with Crippen LogP contribution in [0.15, 0.2) is 0 Å². The Kier molecular flexibility index (Phi) is 7.42. The summed E-state index contributed by atoms with van der Waals surface area (Å²) in [4.78, 5) is 0. The molecule has 0 saturated carbocycles. The number of hydrogen-bond acceptors (Lipinski definition) is 2. The van der Waals surface area contributed by atoms with Crippen LogP contribution in [-0.4, -0.2) is 59.9 Å². The first-order valence-corrected chi connectivity index (χ1v) is 4.14. The SMILES string of the molecule is CCN(CC)S(=O)(=O)O.[NaH]. The molecule has 0 spiro atoms. The van der Waals surface area contributed by atoms with Crippen molar-refractivity contribution < 1.29 is 13.0 Å². The summed E-state index contributed by atoms with van der Waals surface area (Å²) in [5.41, 5.74) is 0. The van der Waals surface area contributed by atoms with E-state index in [1.807, 2.05) is 0 Å². The third kappa shape index (κ3) is 4.65. The molecule has 0 atom stereocenters. The van der Waals surface area contributed by atoms with E-state index in [0.29, 0.717) is 13.1 Å². The average Bonchev–Trinajstić information content (AvgIpc) is 1.65. The summed E-state index contributed by atoms with van der Waals surface area (Å²) in [6.45, 7) is 3.96. The van der Waals surface area contributed by atoms with Gasteiger partial charge in [0.2, 0.25) is 0 Å². The van der Waals surface area contributed by atoms with E-state index in [1.54, 1.807) is 13.8 Å². The van der Waals surface area contributed by atoms with Gasteiger partial charge in [-0.15, -0.1) is 0 Å². The van der Waals surface area contributed by atoms with Gasteiger partial charge in [-0.25, -0.2) is 0 Å². The summed E-state index contributed by atoms with van der Waals surface area (Å²) in [5.74, 6) is 0. The fourth-order valence-electron chi connectivity index (χ4n) is 0.550. The van der Waals surface area contributed by atoms with E-state index in [0.717, 1.165) is 4.31 Å². The van der Waals surface area contributed by atoms with Crippen LogP contribution in [-0.2, 0) is 10.3 Å². The summed E-state index contributed by atoms with van der Waals surface area (Å²) in [7, 11) is -3.93. The summed E-state index contributed by atoms with van der Waals surface area (Å²) < 4.78 is 29.9. The summed E-state index contributed by atoms with van der Waals surface area (Å²) >= 11 is 0. The van der Waals surface area contributed by atoms with Crippen LogP contribution in [0.3, 0.4) is 0 Å². The maximum atomic E-state index is 10.3. The summed E-state index contributed by atoms with van der Waals surface area (Å²) in [5, 5.41) is 0. The van der Waals surface area contributed by atoms with E-state index < -0.39 is 10.3 Å². The molecule has 0 bridgehead atoms. The summed E-state index contributed by atoms with van der Waals surface area (Å²) in [6.07, 6.45) is 0.